The fourth-order valence-electron chi connectivity index (χ4n) is 2.68. The molecular weight excluding hydrogens is 358 g/mol. The lowest BCUT2D eigenvalue weighted by Crippen LogP contribution is -2.37. The van der Waals surface area contributed by atoms with Crippen molar-refractivity contribution in [1.82, 2.24) is 5.32 Å². The monoisotopic (exact) mass is 387 g/mol. The number of amides is 1. The van der Waals surface area contributed by atoms with Gasteiger partial charge in [-0.3, -0.25) is 4.79 Å². The molecule has 0 spiro atoms. The summed E-state index contributed by atoms with van der Waals surface area (Å²) in [6, 6.07) is 12.6. The minimum Gasteiger partial charge on any atom is -0.497 e. The van der Waals surface area contributed by atoms with Crippen LogP contribution in [0.5, 0.6) is 23.0 Å². The smallest absolute Gasteiger partial charge is 0.261 e. The van der Waals surface area contributed by atoms with Crippen molar-refractivity contribution in [2.24, 2.45) is 0 Å². The number of benzene rings is 2. The predicted octanol–water partition coefficient (Wildman–Crippen LogP) is 4.14. The third-order valence-electron chi connectivity index (χ3n) is 4.15. The summed E-state index contributed by atoms with van der Waals surface area (Å²) >= 11 is 0. The molecule has 0 aromatic heterocycles. The van der Waals surface area contributed by atoms with E-state index in [-0.39, 0.29) is 11.9 Å². The van der Waals surface area contributed by atoms with E-state index in [9.17, 15) is 4.79 Å². The first-order valence-corrected chi connectivity index (χ1v) is 9.49. The maximum atomic E-state index is 12.5. The lowest BCUT2D eigenvalue weighted by molar-refractivity contribution is -0.127. The van der Waals surface area contributed by atoms with Crippen LogP contribution in [-0.4, -0.2) is 32.3 Å². The highest BCUT2D eigenvalue weighted by Gasteiger charge is 2.19. The summed E-state index contributed by atoms with van der Waals surface area (Å²) in [4.78, 5) is 12.5. The quantitative estimate of drug-likeness (QED) is 0.664. The van der Waals surface area contributed by atoms with Gasteiger partial charge in [0.2, 0.25) is 0 Å². The normalized spacial score (nSPS) is 12.6. The average molecular weight is 387 g/mol. The molecule has 6 heteroatoms. The van der Waals surface area contributed by atoms with Crippen LogP contribution >= 0.6 is 0 Å². The molecule has 0 unspecified atom stereocenters. The van der Waals surface area contributed by atoms with E-state index < -0.39 is 6.10 Å². The van der Waals surface area contributed by atoms with E-state index >= 15 is 0 Å². The Labute approximate surface area is 166 Å². The van der Waals surface area contributed by atoms with Gasteiger partial charge in [-0.05, 0) is 57.5 Å². The van der Waals surface area contributed by atoms with Crippen molar-refractivity contribution in [3.8, 4) is 23.0 Å². The van der Waals surface area contributed by atoms with Crippen molar-refractivity contribution in [3.63, 3.8) is 0 Å². The van der Waals surface area contributed by atoms with Crippen molar-refractivity contribution >= 4 is 5.91 Å². The lowest BCUT2D eigenvalue weighted by atomic mass is 10.1. The molecule has 2 atom stereocenters. The summed E-state index contributed by atoms with van der Waals surface area (Å²) in [5.41, 5.74) is 0.925. The van der Waals surface area contributed by atoms with Crippen molar-refractivity contribution in [3.05, 3.63) is 48.0 Å². The molecule has 28 heavy (non-hydrogen) atoms. The molecule has 0 fully saturated rings. The summed E-state index contributed by atoms with van der Waals surface area (Å²) < 4.78 is 22.2. The molecule has 2 rings (SSSR count). The highest BCUT2D eigenvalue weighted by atomic mass is 16.5. The van der Waals surface area contributed by atoms with Crippen LogP contribution in [0, 0.1) is 0 Å². The molecule has 0 bridgehead atoms. The molecule has 1 amide bonds. The third-order valence-corrected chi connectivity index (χ3v) is 4.15. The van der Waals surface area contributed by atoms with E-state index in [2.05, 4.69) is 5.32 Å². The van der Waals surface area contributed by atoms with E-state index in [0.29, 0.717) is 36.2 Å². The number of ether oxygens (including phenoxy) is 4. The summed E-state index contributed by atoms with van der Waals surface area (Å²) in [6.45, 7) is 8.58. The minimum atomic E-state index is -0.649. The predicted molar refractivity (Wildman–Crippen MR) is 108 cm³/mol. The molecule has 0 saturated carbocycles. The zero-order valence-corrected chi connectivity index (χ0v) is 17.2. The second kappa shape index (κ2) is 10.4. The van der Waals surface area contributed by atoms with Gasteiger partial charge in [0.1, 0.15) is 11.5 Å². The van der Waals surface area contributed by atoms with Gasteiger partial charge < -0.3 is 24.3 Å². The number of hydrogen-bond donors (Lipinski definition) is 1. The van der Waals surface area contributed by atoms with E-state index in [1.165, 1.54) is 0 Å². The van der Waals surface area contributed by atoms with Gasteiger partial charge in [0.15, 0.2) is 17.6 Å². The molecule has 0 aliphatic carbocycles. The molecule has 0 heterocycles. The van der Waals surface area contributed by atoms with Gasteiger partial charge in [0.25, 0.3) is 5.91 Å². The molecule has 0 radical (unpaired) electrons. The third kappa shape index (κ3) is 5.81. The Kier molecular flexibility index (Phi) is 7.99. The molecule has 0 aliphatic heterocycles. The summed E-state index contributed by atoms with van der Waals surface area (Å²) in [5.74, 6) is 2.41. The van der Waals surface area contributed by atoms with Crippen LogP contribution in [0.15, 0.2) is 42.5 Å². The van der Waals surface area contributed by atoms with Gasteiger partial charge in [-0.2, -0.15) is 0 Å². The molecule has 0 aliphatic rings. The van der Waals surface area contributed by atoms with E-state index in [0.717, 1.165) is 5.56 Å². The molecule has 6 nitrogen and oxygen atoms in total. The number of rotatable bonds is 10. The van der Waals surface area contributed by atoms with Crippen LogP contribution in [-0.2, 0) is 4.79 Å². The molecule has 1 N–H and O–H groups in total. The van der Waals surface area contributed by atoms with Gasteiger partial charge in [0.05, 0.1) is 26.4 Å². The number of hydrogen-bond acceptors (Lipinski definition) is 5. The zero-order valence-electron chi connectivity index (χ0n) is 17.2. The van der Waals surface area contributed by atoms with Crippen molar-refractivity contribution in [2.45, 2.75) is 39.8 Å². The first-order valence-electron chi connectivity index (χ1n) is 9.49. The topological polar surface area (TPSA) is 66.0 Å². The lowest BCUT2D eigenvalue weighted by Gasteiger charge is -2.20. The summed E-state index contributed by atoms with van der Waals surface area (Å²) in [6.07, 6.45) is -0.649. The van der Waals surface area contributed by atoms with Crippen molar-refractivity contribution < 1.29 is 23.7 Å². The van der Waals surface area contributed by atoms with Gasteiger partial charge in [-0.25, -0.2) is 0 Å². The van der Waals surface area contributed by atoms with E-state index in [4.69, 9.17) is 18.9 Å². The Morgan fingerprint density at radius 2 is 1.64 bits per heavy atom. The van der Waals surface area contributed by atoms with Crippen LogP contribution in [0.3, 0.4) is 0 Å². The SMILES string of the molecule is CCOc1ccc([C@H](C)NC(=O)[C@H](C)Oc2cccc(OC)c2)cc1OCC. The van der Waals surface area contributed by atoms with Crippen LogP contribution < -0.4 is 24.3 Å². The minimum absolute atomic E-state index is 0.206. The fourth-order valence-corrected chi connectivity index (χ4v) is 2.68. The largest absolute Gasteiger partial charge is 0.497 e. The second-order valence-electron chi connectivity index (χ2n) is 6.24. The number of carbonyl (C=O) groups is 1. The standard InChI is InChI=1S/C22H29NO5/c1-6-26-20-12-11-17(13-21(20)27-7-2)15(3)23-22(24)16(4)28-19-10-8-9-18(14-19)25-5/h8-16H,6-7H2,1-5H3,(H,23,24)/t15-,16-/m0/s1. The fraction of sp³-hybridized carbons (Fsp3) is 0.409. The van der Waals surface area contributed by atoms with Gasteiger partial charge in [-0.15, -0.1) is 0 Å². The van der Waals surface area contributed by atoms with Crippen LogP contribution in [0.25, 0.3) is 0 Å². The van der Waals surface area contributed by atoms with E-state index in [1.54, 1.807) is 26.2 Å². The number of nitrogens with one attached hydrogen (secondary N) is 1. The van der Waals surface area contributed by atoms with Crippen molar-refractivity contribution in [1.29, 1.82) is 0 Å². The maximum Gasteiger partial charge on any atom is 0.261 e. The molecule has 152 valence electrons. The van der Waals surface area contributed by atoms with Gasteiger partial charge in [-0.1, -0.05) is 12.1 Å². The molecular formula is C22H29NO5. The first-order chi connectivity index (χ1) is 13.5. The van der Waals surface area contributed by atoms with Crippen LogP contribution in [0.1, 0.15) is 39.3 Å². The maximum absolute atomic E-state index is 12.5. The summed E-state index contributed by atoms with van der Waals surface area (Å²) in [5, 5.41) is 2.97. The highest BCUT2D eigenvalue weighted by Crippen LogP contribution is 2.30. The molecule has 0 saturated heterocycles. The van der Waals surface area contributed by atoms with Crippen LogP contribution in [0.2, 0.25) is 0 Å². The Morgan fingerprint density at radius 3 is 2.32 bits per heavy atom. The Balaban J connectivity index is 2.03. The Hall–Kier alpha value is -2.89. The zero-order chi connectivity index (χ0) is 20.5. The molecule has 2 aromatic carbocycles. The highest BCUT2D eigenvalue weighted by molar-refractivity contribution is 5.81. The van der Waals surface area contributed by atoms with Crippen LogP contribution in [0.4, 0.5) is 0 Å². The number of methoxy groups -OCH3 is 1. The van der Waals surface area contributed by atoms with Crippen molar-refractivity contribution in [2.75, 3.05) is 20.3 Å². The summed E-state index contributed by atoms with van der Waals surface area (Å²) in [7, 11) is 1.59. The van der Waals surface area contributed by atoms with Gasteiger partial charge in [0, 0.05) is 6.07 Å². The average Bonchev–Trinajstić information content (AvgIpc) is 2.69. The Bertz CT molecular complexity index is 777. The van der Waals surface area contributed by atoms with E-state index in [1.807, 2.05) is 51.1 Å². The second-order valence-corrected chi connectivity index (χ2v) is 6.24. The first kappa shape index (κ1) is 21.4. The number of carbonyl (C=O) groups excluding carboxylic acids is 1. The van der Waals surface area contributed by atoms with Gasteiger partial charge >= 0.3 is 0 Å². The Morgan fingerprint density at radius 1 is 0.964 bits per heavy atom. The molecule has 2 aromatic rings.